The second-order valence-corrected chi connectivity index (χ2v) is 5.76. The number of unbranched alkanes of at least 4 members (excludes halogenated alkanes) is 5. The van der Waals surface area contributed by atoms with Crippen molar-refractivity contribution in [1.29, 1.82) is 0 Å². The topological polar surface area (TPSA) is 57.6 Å². The number of hydrogen-bond acceptors (Lipinski definition) is 3. The second kappa shape index (κ2) is 7.90. The number of hydrogen-bond donors (Lipinski definition) is 1. The van der Waals surface area contributed by atoms with Crippen LogP contribution in [0.15, 0.2) is 30.0 Å². The number of aliphatic hydroxyl groups is 1. The molecule has 1 heterocycles. The number of halogens is 1. The lowest BCUT2D eigenvalue weighted by molar-refractivity contribution is -0.138. The van der Waals surface area contributed by atoms with E-state index < -0.39 is 23.4 Å². The van der Waals surface area contributed by atoms with E-state index in [1.165, 1.54) is 37.1 Å². The van der Waals surface area contributed by atoms with Crippen LogP contribution in [0.3, 0.4) is 0 Å². The van der Waals surface area contributed by atoms with Crippen molar-refractivity contribution in [1.82, 2.24) is 4.90 Å². The number of amides is 2. The lowest BCUT2D eigenvalue weighted by Crippen LogP contribution is -2.32. The van der Waals surface area contributed by atoms with Gasteiger partial charge in [-0.15, -0.1) is 0 Å². The minimum atomic E-state index is -0.664. The fraction of sp³-hybridized carbons (Fsp3) is 0.444. The minimum absolute atomic E-state index is 0.0408. The highest BCUT2D eigenvalue weighted by Crippen LogP contribution is 2.28. The van der Waals surface area contributed by atoms with Crippen LogP contribution in [-0.2, 0) is 9.59 Å². The van der Waals surface area contributed by atoms with E-state index in [9.17, 15) is 19.1 Å². The molecule has 1 N–H and O–H groups in total. The predicted octanol–water partition coefficient (Wildman–Crippen LogP) is 3.82. The zero-order valence-corrected chi connectivity index (χ0v) is 13.3. The smallest absolute Gasteiger partial charge is 0.296 e. The molecule has 2 amide bonds. The maximum Gasteiger partial charge on any atom is 0.296 e. The number of aliphatic hydroxyl groups excluding tert-OH is 1. The third kappa shape index (κ3) is 3.97. The summed E-state index contributed by atoms with van der Waals surface area (Å²) < 4.78 is 13.0. The molecule has 0 spiro atoms. The molecule has 4 nitrogen and oxygen atoms in total. The highest BCUT2D eigenvalue weighted by atomic mass is 19.1. The summed E-state index contributed by atoms with van der Waals surface area (Å²) in [6.07, 6.45) is 6.27. The van der Waals surface area contributed by atoms with Crippen LogP contribution in [0.2, 0.25) is 0 Å². The predicted molar refractivity (Wildman–Crippen MR) is 86.0 cm³/mol. The number of nitrogens with zero attached hydrogens (tertiary/aromatic N) is 1. The van der Waals surface area contributed by atoms with Crippen LogP contribution in [-0.4, -0.2) is 28.4 Å². The first-order chi connectivity index (χ1) is 11.1. The molecule has 0 bridgehead atoms. The van der Waals surface area contributed by atoms with Gasteiger partial charge in [0.15, 0.2) is 5.76 Å². The normalized spacial score (nSPS) is 15.0. The summed E-state index contributed by atoms with van der Waals surface area (Å²) in [5.74, 6) is -2.15. The first-order valence-electron chi connectivity index (χ1n) is 8.11. The molecule has 0 saturated heterocycles. The number of rotatable bonds is 8. The lowest BCUT2D eigenvalue weighted by Gasteiger charge is -2.14. The third-order valence-electron chi connectivity index (χ3n) is 4.01. The molecule has 0 aromatic heterocycles. The molecule has 1 aliphatic rings. The molecule has 0 saturated carbocycles. The maximum absolute atomic E-state index is 13.0. The zero-order valence-electron chi connectivity index (χ0n) is 13.3. The summed E-state index contributed by atoms with van der Waals surface area (Å²) >= 11 is 0. The van der Waals surface area contributed by atoms with Gasteiger partial charge in [0, 0.05) is 6.54 Å². The number of benzene rings is 1. The van der Waals surface area contributed by atoms with Crippen LogP contribution < -0.4 is 0 Å². The lowest BCUT2D eigenvalue weighted by atomic mass is 10.1. The maximum atomic E-state index is 13.0. The van der Waals surface area contributed by atoms with Crippen molar-refractivity contribution in [3.8, 4) is 0 Å². The second-order valence-electron chi connectivity index (χ2n) is 5.76. The van der Waals surface area contributed by atoms with Gasteiger partial charge in [-0.2, -0.15) is 0 Å². The highest BCUT2D eigenvalue weighted by Gasteiger charge is 2.38. The Hall–Kier alpha value is -2.17. The van der Waals surface area contributed by atoms with Gasteiger partial charge in [0.1, 0.15) is 5.82 Å². The highest BCUT2D eigenvalue weighted by molar-refractivity contribution is 6.34. The van der Waals surface area contributed by atoms with Gasteiger partial charge < -0.3 is 5.11 Å². The molecular weight excluding hydrogens is 297 g/mol. The van der Waals surface area contributed by atoms with Crippen LogP contribution in [0, 0.1) is 5.82 Å². The van der Waals surface area contributed by atoms with E-state index >= 15 is 0 Å². The Morgan fingerprint density at radius 1 is 0.957 bits per heavy atom. The monoisotopic (exact) mass is 319 g/mol. The van der Waals surface area contributed by atoms with Gasteiger partial charge in [-0.25, -0.2) is 4.39 Å². The van der Waals surface area contributed by atoms with Crippen LogP contribution in [0.4, 0.5) is 4.39 Å². The van der Waals surface area contributed by atoms with Crippen molar-refractivity contribution in [3.63, 3.8) is 0 Å². The van der Waals surface area contributed by atoms with Gasteiger partial charge in [0.25, 0.3) is 11.8 Å². The SMILES string of the molecule is CCCCCCCCN1C(=O)C(O)=C(c2ccc(F)cc2)C1=O. The van der Waals surface area contributed by atoms with Crippen molar-refractivity contribution in [2.24, 2.45) is 0 Å². The van der Waals surface area contributed by atoms with E-state index in [1.54, 1.807) is 0 Å². The van der Waals surface area contributed by atoms with Crippen molar-refractivity contribution < 1.29 is 19.1 Å². The van der Waals surface area contributed by atoms with Crippen molar-refractivity contribution in [2.75, 3.05) is 6.54 Å². The molecule has 124 valence electrons. The molecular formula is C18H22FNO3. The fourth-order valence-corrected chi connectivity index (χ4v) is 2.69. The molecule has 2 rings (SSSR count). The molecule has 0 unspecified atom stereocenters. The van der Waals surface area contributed by atoms with E-state index in [-0.39, 0.29) is 5.57 Å². The fourth-order valence-electron chi connectivity index (χ4n) is 2.69. The average molecular weight is 319 g/mol. The first kappa shape index (κ1) is 17.2. The van der Waals surface area contributed by atoms with Gasteiger partial charge in [0.05, 0.1) is 5.57 Å². The Morgan fingerprint density at radius 2 is 1.57 bits per heavy atom. The molecule has 0 atom stereocenters. The van der Waals surface area contributed by atoms with Crippen LogP contribution >= 0.6 is 0 Å². The zero-order chi connectivity index (χ0) is 16.8. The van der Waals surface area contributed by atoms with E-state index in [1.807, 2.05) is 0 Å². The summed E-state index contributed by atoms with van der Waals surface area (Å²) in [7, 11) is 0. The molecule has 0 fully saturated rings. The minimum Gasteiger partial charge on any atom is -0.502 e. The van der Waals surface area contributed by atoms with Crippen molar-refractivity contribution in [3.05, 3.63) is 41.4 Å². The first-order valence-corrected chi connectivity index (χ1v) is 8.11. The van der Waals surface area contributed by atoms with Gasteiger partial charge in [0.2, 0.25) is 0 Å². The van der Waals surface area contributed by atoms with Gasteiger partial charge >= 0.3 is 0 Å². The standard InChI is InChI=1S/C18H22FNO3/c1-2-3-4-5-6-7-12-20-17(22)15(16(21)18(20)23)13-8-10-14(19)11-9-13/h8-11,21H,2-7,12H2,1H3. The summed E-state index contributed by atoms with van der Waals surface area (Å²) in [5.41, 5.74) is 0.314. The van der Waals surface area contributed by atoms with Gasteiger partial charge in [-0.05, 0) is 24.1 Å². The van der Waals surface area contributed by atoms with E-state index in [2.05, 4.69) is 6.92 Å². The third-order valence-corrected chi connectivity index (χ3v) is 4.01. The molecule has 0 radical (unpaired) electrons. The molecule has 1 aliphatic heterocycles. The average Bonchev–Trinajstić information content (AvgIpc) is 2.75. The van der Waals surface area contributed by atoms with E-state index in [4.69, 9.17) is 0 Å². The van der Waals surface area contributed by atoms with Gasteiger partial charge in [-0.1, -0.05) is 51.2 Å². The largest absolute Gasteiger partial charge is 0.502 e. The van der Waals surface area contributed by atoms with Gasteiger partial charge in [-0.3, -0.25) is 14.5 Å². The Balaban J connectivity index is 1.97. The van der Waals surface area contributed by atoms with E-state index in [0.29, 0.717) is 12.1 Å². The summed E-state index contributed by atoms with van der Waals surface area (Å²) in [4.78, 5) is 25.5. The van der Waals surface area contributed by atoms with Crippen molar-refractivity contribution >= 4 is 17.4 Å². The number of carbonyl (C=O) groups excluding carboxylic acids is 2. The molecule has 23 heavy (non-hydrogen) atoms. The molecule has 0 aliphatic carbocycles. The number of imide groups is 1. The molecule has 5 heteroatoms. The Morgan fingerprint density at radius 3 is 2.22 bits per heavy atom. The van der Waals surface area contributed by atoms with Crippen molar-refractivity contribution in [2.45, 2.75) is 45.4 Å². The Kier molecular flexibility index (Phi) is 5.90. The van der Waals surface area contributed by atoms with Crippen LogP contribution in [0.25, 0.3) is 5.57 Å². The Bertz CT molecular complexity index is 607. The molecule has 1 aromatic rings. The molecule has 1 aromatic carbocycles. The number of carbonyl (C=O) groups is 2. The Labute approximate surface area is 135 Å². The summed E-state index contributed by atoms with van der Waals surface area (Å²) in [6, 6.07) is 5.17. The summed E-state index contributed by atoms with van der Waals surface area (Å²) in [6.45, 7) is 2.45. The summed E-state index contributed by atoms with van der Waals surface area (Å²) in [5, 5.41) is 9.97. The van der Waals surface area contributed by atoms with Crippen LogP contribution in [0.5, 0.6) is 0 Å². The quantitative estimate of drug-likeness (QED) is 0.585. The van der Waals surface area contributed by atoms with Crippen LogP contribution in [0.1, 0.15) is 51.0 Å². The van der Waals surface area contributed by atoms with E-state index in [0.717, 1.165) is 30.6 Å².